The smallest absolute Gasteiger partial charge is 0.239 e. The molecule has 21 heavy (non-hydrogen) atoms. The molecule has 1 unspecified atom stereocenters. The summed E-state index contributed by atoms with van der Waals surface area (Å²) < 4.78 is 0. The first-order valence-electron chi connectivity index (χ1n) is 7.30. The Balaban J connectivity index is 2.02. The number of rotatable bonds is 4. The number of nitrogens with one attached hydrogen (secondary N) is 1. The Kier molecular flexibility index (Phi) is 5.34. The van der Waals surface area contributed by atoms with E-state index in [-0.39, 0.29) is 5.91 Å². The van der Waals surface area contributed by atoms with Crippen LogP contribution in [0.25, 0.3) is 0 Å². The minimum Gasteiger partial charge on any atom is -0.329 e. The fourth-order valence-corrected chi connectivity index (χ4v) is 3.76. The Hall–Kier alpha value is -1.42. The molecule has 1 aromatic rings. The number of piperidine rings is 1. The lowest BCUT2D eigenvalue weighted by molar-refractivity contribution is -0.118. The maximum atomic E-state index is 12.2. The second-order valence-electron chi connectivity index (χ2n) is 5.50. The van der Waals surface area contributed by atoms with Gasteiger partial charge in [0.1, 0.15) is 11.1 Å². The van der Waals surface area contributed by atoms with Crippen LogP contribution in [0.1, 0.15) is 35.3 Å². The number of thiophene rings is 1. The van der Waals surface area contributed by atoms with E-state index in [0.717, 1.165) is 29.8 Å². The van der Waals surface area contributed by atoms with Gasteiger partial charge in [-0.3, -0.25) is 9.69 Å². The predicted octanol–water partition coefficient (Wildman–Crippen LogP) is 1.99. The highest BCUT2D eigenvalue weighted by atomic mass is 32.1. The van der Waals surface area contributed by atoms with Crippen LogP contribution in [0.3, 0.4) is 0 Å². The number of carbonyl (C=O) groups excluding carboxylic acids is 1. The molecular formula is C15H22N4OS. The summed E-state index contributed by atoms with van der Waals surface area (Å²) >= 11 is 1.46. The van der Waals surface area contributed by atoms with Gasteiger partial charge < -0.3 is 11.1 Å². The Morgan fingerprint density at radius 2 is 2.29 bits per heavy atom. The standard InChI is InChI=1S/C15H22N4OS/c1-10-11(2)21-15(13(10)8-17)18-14(20)9-19-6-4-3-5-12(19)7-16/h12H,3-7,9,16H2,1-2H3,(H,18,20). The van der Waals surface area contributed by atoms with Gasteiger partial charge in [0.05, 0.1) is 12.1 Å². The largest absolute Gasteiger partial charge is 0.329 e. The van der Waals surface area contributed by atoms with E-state index in [9.17, 15) is 10.1 Å². The fourth-order valence-electron chi connectivity index (χ4n) is 2.74. The van der Waals surface area contributed by atoms with Crippen LogP contribution < -0.4 is 11.1 Å². The first kappa shape index (κ1) is 16.0. The molecule has 2 heterocycles. The summed E-state index contributed by atoms with van der Waals surface area (Å²) in [4.78, 5) is 15.5. The topological polar surface area (TPSA) is 82.2 Å². The minimum atomic E-state index is -0.0619. The van der Waals surface area contributed by atoms with Crippen LogP contribution >= 0.6 is 11.3 Å². The van der Waals surface area contributed by atoms with Gasteiger partial charge in [0, 0.05) is 17.5 Å². The highest BCUT2D eigenvalue weighted by Crippen LogP contribution is 2.31. The van der Waals surface area contributed by atoms with Crippen molar-refractivity contribution in [2.75, 3.05) is 25.0 Å². The fraction of sp³-hybridized carbons (Fsp3) is 0.600. The number of nitrogens with zero attached hydrogens (tertiary/aromatic N) is 2. The number of hydrogen-bond donors (Lipinski definition) is 2. The number of nitriles is 1. The maximum Gasteiger partial charge on any atom is 0.239 e. The van der Waals surface area contributed by atoms with Gasteiger partial charge in [-0.2, -0.15) is 5.26 Å². The van der Waals surface area contributed by atoms with Crippen molar-refractivity contribution in [3.05, 3.63) is 16.0 Å². The highest BCUT2D eigenvalue weighted by molar-refractivity contribution is 7.16. The van der Waals surface area contributed by atoms with Gasteiger partial charge in [-0.15, -0.1) is 11.3 Å². The summed E-state index contributed by atoms with van der Waals surface area (Å²) in [6, 6.07) is 2.47. The minimum absolute atomic E-state index is 0.0619. The van der Waals surface area contributed by atoms with Gasteiger partial charge >= 0.3 is 0 Å². The van der Waals surface area contributed by atoms with Crippen molar-refractivity contribution in [2.45, 2.75) is 39.2 Å². The first-order chi connectivity index (χ1) is 10.1. The summed E-state index contributed by atoms with van der Waals surface area (Å²) in [5, 5.41) is 12.8. The van der Waals surface area contributed by atoms with Crippen molar-refractivity contribution >= 4 is 22.2 Å². The van der Waals surface area contributed by atoms with E-state index in [2.05, 4.69) is 16.3 Å². The molecule has 1 aliphatic heterocycles. The molecule has 5 nitrogen and oxygen atoms in total. The summed E-state index contributed by atoms with van der Waals surface area (Å²) in [6.07, 6.45) is 3.36. The van der Waals surface area contributed by atoms with Crippen molar-refractivity contribution in [3.63, 3.8) is 0 Å². The van der Waals surface area contributed by atoms with Gasteiger partial charge in [0.25, 0.3) is 0 Å². The second-order valence-corrected chi connectivity index (χ2v) is 6.73. The molecule has 114 valence electrons. The third-order valence-corrected chi connectivity index (χ3v) is 5.24. The quantitative estimate of drug-likeness (QED) is 0.891. The van der Waals surface area contributed by atoms with E-state index in [1.165, 1.54) is 17.8 Å². The molecule has 1 fully saturated rings. The van der Waals surface area contributed by atoms with Crippen LogP contribution in [0, 0.1) is 25.2 Å². The molecule has 0 spiro atoms. The Bertz CT molecular complexity index is 561. The summed E-state index contributed by atoms with van der Waals surface area (Å²) in [5.41, 5.74) is 7.31. The lowest BCUT2D eigenvalue weighted by Gasteiger charge is -2.34. The Labute approximate surface area is 129 Å². The molecule has 1 aromatic heterocycles. The molecule has 1 amide bonds. The molecule has 1 saturated heterocycles. The molecule has 0 bridgehead atoms. The summed E-state index contributed by atoms with van der Waals surface area (Å²) in [6.45, 7) is 5.74. The van der Waals surface area contributed by atoms with Gasteiger partial charge in [-0.25, -0.2) is 0 Å². The lowest BCUT2D eigenvalue weighted by Crippen LogP contribution is -2.47. The van der Waals surface area contributed by atoms with Crippen LogP contribution in [0.5, 0.6) is 0 Å². The average molecular weight is 306 g/mol. The number of hydrogen-bond acceptors (Lipinski definition) is 5. The van der Waals surface area contributed by atoms with E-state index in [1.54, 1.807) is 0 Å². The zero-order valence-corrected chi connectivity index (χ0v) is 13.4. The van der Waals surface area contributed by atoms with Crippen molar-refractivity contribution in [1.82, 2.24) is 4.90 Å². The van der Waals surface area contributed by atoms with E-state index in [1.807, 2.05) is 13.8 Å². The molecule has 0 aromatic carbocycles. The normalized spacial score (nSPS) is 19.2. The molecule has 2 rings (SSSR count). The van der Waals surface area contributed by atoms with Crippen molar-refractivity contribution in [1.29, 1.82) is 5.26 Å². The average Bonchev–Trinajstić information content (AvgIpc) is 2.73. The number of amides is 1. The van der Waals surface area contributed by atoms with Crippen molar-refractivity contribution < 1.29 is 4.79 Å². The number of carbonyl (C=O) groups is 1. The monoisotopic (exact) mass is 306 g/mol. The Morgan fingerprint density at radius 1 is 1.52 bits per heavy atom. The molecule has 3 N–H and O–H groups in total. The molecule has 1 aliphatic rings. The molecular weight excluding hydrogens is 284 g/mol. The summed E-state index contributed by atoms with van der Waals surface area (Å²) in [7, 11) is 0. The van der Waals surface area contributed by atoms with Crippen LogP contribution in [0.15, 0.2) is 0 Å². The summed E-state index contributed by atoms with van der Waals surface area (Å²) in [5.74, 6) is -0.0619. The highest BCUT2D eigenvalue weighted by Gasteiger charge is 2.23. The van der Waals surface area contributed by atoms with Gasteiger partial charge in [-0.1, -0.05) is 6.42 Å². The van der Waals surface area contributed by atoms with Gasteiger partial charge in [0.2, 0.25) is 5.91 Å². The van der Waals surface area contributed by atoms with Crippen LogP contribution in [-0.4, -0.2) is 36.5 Å². The third-order valence-electron chi connectivity index (χ3n) is 4.12. The Morgan fingerprint density at radius 3 is 2.95 bits per heavy atom. The van der Waals surface area contributed by atoms with Crippen LogP contribution in [0.2, 0.25) is 0 Å². The van der Waals surface area contributed by atoms with Crippen molar-refractivity contribution in [3.8, 4) is 6.07 Å². The molecule has 0 aliphatic carbocycles. The van der Waals surface area contributed by atoms with Crippen LogP contribution in [0.4, 0.5) is 5.00 Å². The number of nitrogens with two attached hydrogens (primary N) is 1. The van der Waals surface area contributed by atoms with E-state index < -0.39 is 0 Å². The first-order valence-corrected chi connectivity index (χ1v) is 8.12. The predicted molar refractivity (Wildman–Crippen MR) is 85.4 cm³/mol. The van der Waals surface area contributed by atoms with Gasteiger partial charge in [0.15, 0.2) is 0 Å². The zero-order valence-electron chi connectivity index (χ0n) is 12.6. The van der Waals surface area contributed by atoms with E-state index in [0.29, 0.717) is 29.7 Å². The molecule has 6 heteroatoms. The number of aryl methyl sites for hydroxylation is 1. The zero-order chi connectivity index (χ0) is 15.4. The van der Waals surface area contributed by atoms with E-state index in [4.69, 9.17) is 5.73 Å². The molecule has 0 saturated carbocycles. The maximum absolute atomic E-state index is 12.2. The lowest BCUT2D eigenvalue weighted by atomic mass is 10.0. The third kappa shape index (κ3) is 3.62. The number of anilines is 1. The van der Waals surface area contributed by atoms with Crippen molar-refractivity contribution in [2.24, 2.45) is 5.73 Å². The molecule has 1 atom stereocenters. The SMILES string of the molecule is Cc1sc(NC(=O)CN2CCCCC2CN)c(C#N)c1C. The van der Waals surface area contributed by atoms with Gasteiger partial charge in [-0.05, 0) is 38.8 Å². The second kappa shape index (κ2) is 7.03. The molecule has 0 radical (unpaired) electrons. The number of likely N-dealkylation sites (tertiary alicyclic amines) is 1. The van der Waals surface area contributed by atoms with Crippen LogP contribution in [-0.2, 0) is 4.79 Å². The van der Waals surface area contributed by atoms with E-state index >= 15 is 0 Å².